The van der Waals surface area contributed by atoms with Crippen molar-refractivity contribution in [1.29, 1.82) is 5.41 Å². The highest BCUT2D eigenvalue weighted by Gasteiger charge is 2.31. The van der Waals surface area contributed by atoms with Crippen molar-refractivity contribution in [2.75, 3.05) is 17.1 Å². The van der Waals surface area contributed by atoms with Crippen molar-refractivity contribution in [3.8, 4) is 0 Å². The van der Waals surface area contributed by atoms with Gasteiger partial charge in [-0.15, -0.1) is 0 Å². The smallest absolute Gasteiger partial charge is 0.235 e. The van der Waals surface area contributed by atoms with Crippen LogP contribution < -0.4 is 10.0 Å². The van der Waals surface area contributed by atoms with Gasteiger partial charge in [-0.25, -0.2) is 8.42 Å². The van der Waals surface area contributed by atoms with E-state index in [-0.39, 0.29) is 11.6 Å². The van der Waals surface area contributed by atoms with Crippen LogP contribution >= 0.6 is 0 Å². The molecule has 0 saturated heterocycles. The molecule has 1 aliphatic rings. The SMILES string of the molecule is CN(c1ccccc1C(=N)N)S(=O)(=O)CC1CC1. The number of nitrogens with two attached hydrogens (primary N) is 1. The number of sulfonamides is 1. The van der Waals surface area contributed by atoms with Crippen LogP contribution in [-0.4, -0.2) is 27.1 Å². The molecule has 18 heavy (non-hydrogen) atoms. The van der Waals surface area contributed by atoms with Gasteiger partial charge in [-0.3, -0.25) is 9.71 Å². The Labute approximate surface area is 107 Å². The van der Waals surface area contributed by atoms with Crippen LogP contribution in [0.4, 0.5) is 5.69 Å². The molecule has 0 unspecified atom stereocenters. The van der Waals surface area contributed by atoms with Crippen LogP contribution in [0.5, 0.6) is 0 Å². The first-order valence-corrected chi connectivity index (χ1v) is 7.43. The molecule has 1 aromatic carbocycles. The molecule has 0 radical (unpaired) electrons. The Morgan fingerprint density at radius 1 is 1.44 bits per heavy atom. The van der Waals surface area contributed by atoms with Crippen molar-refractivity contribution in [3.63, 3.8) is 0 Å². The van der Waals surface area contributed by atoms with E-state index in [1.165, 1.54) is 11.4 Å². The summed E-state index contributed by atoms with van der Waals surface area (Å²) in [6, 6.07) is 6.80. The number of amidine groups is 1. The lowest BCUT2D eigenvalue weighted by Gasteiger charge is -2.21. The number of nitrogens with zero attached hydrogens (tertiary/aromatic N) is 1. The summed E-state index contributed by atoms with van der Waals surface area (Å²) in [6.07, 6.45) is 1.98. The van der Waals surface area contributed by atoms with Gasteiger partial charge in [0.15, 0.2) is 0 Å². The Bertz CT molecular complexity index is 564. The molecular weight excluding hydrogens is 250 g/mol. The van der Waals surface area contributed by atoms with E-state index < -0.39 is 10.0 Å². The Hall–Kier alpha value is -1.56. The number of anilines is 1. The first-order chi connectivity index (χ1) is 8.42. The average Bonchev–Trinajstić information content (AvgIpc) is 3.11. The van der Waals surface area contributed by atoms with E-state index in [0.29, 0.717) is 17.2 Å². The summed E-state index contributed by atoms with van der Waals surface area (Å²) in [4.78, 5) is 0. The third kappa shape index (κ3) is 2.64. The van der Waals surface area contributed by atoms with Gasteiger partial charge in [0.2, 0.25) is 10.0 Å². The zero-order chi connectivity index (χ0) is 13.3. The summed E-state index contributed by atoms with van der Waals surface area (Å²) >= 11 is 0. The number of rotatable bonds is 5. The number of hydrogen-bond acceptors (Lipinski definition) is 3. The number of hydrogen-bond donors (Lipinski definition) is 2. The summed E-state index contributed by atoms with van der Waals surface area (Å²) in [5, 5.41) is 7.48. The maximum Gasteiger partial charge on any atom is 0.235 e. The van der Waals surface area contributed by atoms with Gasteiger partial charge in [0.05, 0.1) is 11.4 Å². The molecule has 1 saturated carbocycles. The van der Waals surface area contributed by atoms with Crippen LogP contribution in [0.1, 0.15) is 18.4 Å². The molecule has 98 valence electrons. The van der Waals surface area contributed by atoms with Crippen LogP contribution in [0.25, 0.3) is 0 Å². The van der Waals surface area contributed by atoms with Crippen LogP contribution in [0, 0.1) is 11.3 Å². The molecule has 1 fully saturated rings. The van der Waals surface area contributed by atoms with Crippen molar-refractivity contribution < 1.29 is 8.42 Å². The van der Waals surface area contributed by atoms with E-state index in [0.717, 1.165) is 12.8 Å². The van der Waals surface area contributed by atoms with Gasteiger partial charge in [-0.2, -0.15) is 0 Å². The Morgan fingerprint density at radius 2 is 2.06 bits per heavy atom. The maximum absolute atomic E-state index is 12.2. The van der Waals surface area contributed by atoms with Gasteiger partial charge in [0.25, 0.3) is 0 Å². The number of nitrogens with one attached hydrogen (secondary N) is 1. The van der Waals surface area contributed by atoms with Crippen LogP contribution in [0.3, 0.4) is 0 Å². The standard InChI is InChI=1S/C12H17N3O2S/c1-15(18(16,17)8-9-6-7-9)11-5-3-2-4-10(11)12(13)14/h2-5,9H,6-8H2,1H3,(H3,13,14). The largest absolute Gasteiger partial charge is 0.384 e. The second kappa shape index (κ2) is 4.61. The summed E-state index contributed by atoms with van der Waals surface area (Å²) in [5.41, 5.74) is 6.38. The van der Waals surface area contributed by atoms with Gasteiger partial charge in [0, 0.05) is 12.6 Å². The Balaban J connectivity index is 2.32. The molecule has 0 amide bonds. The predicted octanol–water partition coefficient (Wildman–Crippen LogP) is 1.15. The molecule has 0 heterocycles. The minimum absolute atomic E-state index is 0.126. The van der Waals surface area contributed by atoms with E-state index >= 15 is 0 Å². The number of nitrogen functional groups attached to an aromatic ring is 1. The van der Waals surface area contributed by atoms with E-state index in [2.05, 4.69) is 0 Å². The van der Waals surface area contributed by atoms with E-state index in [4.69, 9.17) is 11.1 Å². The summed E-state index contributed by atoms with van der Waals surface area (Å²) in [7, 11) is -1.81. The van der Waals surface area contributed by atoms with Crippen molar-refractivity contribution in [1.82, 2.24) is 0 Å². The molecule has 2 rings (SSSR count). The van der Waals surface area contributed by atoms with Gasteiger partial charge in [-0.05, 0) is 30.9 Å². The number of para-hydroxylation sites is 1. The molecule has 1 aliphatic carbocycles. The van der Waals surface area contributed by atoms with Crippen molar-refractivity contribution in [2.24, 2.45) is 11.7 Å². The maximum atomic E-state index is 12.2. The van der Waals surface area contributed by atoms with Crippen molar-refractivity contribution in [2.45, 2.75) is 12.8 Å². The summed E-state index contributed by atoms with van der Waals surface area (Å²) < 4.78 is 25.6. The molecule has 0 bridgehead atoms. The first kappa shape index (κ1) is 12.9. The minimum atomic E-state index is -3.32. The highest BCUT2D eigenvalue weighted by atomic mass is 32.2. The van der Waals surface area contributed by atoms with E-state index in [9.17, 15) is 8.42 Å². The van der Waals surface area contributed by atoms with Gasteiger partial charge >= 0.3 is 0 Å². The monoisotopic (exact) mass is 267 g/mol. The average molecular weight is 267 g/mol. The lowest BCUT2D eigenvalue weighted by atomic mass is 10.1. The van der Waals surface area contributed by atoms with Crippen LogP contribution in [0.2, 0.25) is 0 Å². The van der Waals surface area contributed by atoms with Gasteiger partial charge in [0.1, 0.15) is 5.84 Å². The molecular formula is C12H17N3O2S. The highest BCUT2D eigenvalue weighted by molar-refractivity contribution is 7.92. The molecule has 6 heteroatoms. The second-order valence-corrected chi connectivity index (χ2v) is 6.67. The second-order valence-electron chi connectivity index (χ2n) is 4.62. The third-order valence-electron chi connectivity index (χ3n) is 3.09. The van der Waals surface area contributed by atoms with Gasteiger partial charge < -0.3 is 5.73 Å². The van der Waals surface area contributed by atoms with Gasteiger partial charge in [-0.1, -0.05) is 12.1 Å². The molecule has 1 aromatic rings. The lowest BCUT2D eigenvalue weighted by molar-refractivity contribution is 0.590. The first-order valence-electron chi connectivity index (χ1n) is 5.82. The van der Waals surface area contributed by atoms with Crippen molar-refractivity contribution >= 4 is 21.5 Å². The Kier molecular flexibility index (Phi) is 3.30. The van der Waals surface area contributed by atoms with Crippen LogP contribution in [-0.2, 0) is 10.0 Å². The molecule has 3 N–H and O–H groups in total. The third-order valence-corrected chi connectivity index (χ3v) is 5.02. The molecule has 0 atom stereocenters. The lowest BCUT2D eigenvalue weighted by Crippen LogP contribution is -2.31. The molecule has 0 aliphatic heterocycles. The zero-order valence-corrected chi connectivity index (χ0v) is 11.1. The van der Waals surface area contributed by atoms with Crippen LogP contribution in [0.15, 0.2) is 24.3 Å². The zero-order valence-electron chi connectivity index (χ0n) is 10.3. The quantitative estimate of drug-likeness (QED) is 0.619. The summed E-state index contributed by atoms with van der Waals surface area (Å²) in [6.45, 7) is 0. The number of benzene rings is 1. The molecule has 5 nitrogen and oxygen atoms in total. The predicted molar refractivity (Wildman–Crippen MR) is 72.4 cm³/mol. The normalized spacial score (nSPS) is 15.4. The Morgan fingerprint density at radius 3 is 2.61 bits per heavy atom. The molecule has 0 aromatic heterocycles. The summed E-state index contributed by atoms with van der Waals surface area (Å²) in [5.74, 6) is 0.344. The van der Waals surface area contributed by atoms with E-state index in [1.54, 1.807) is 24.3 Å². The van der Waals surface area contributed by atoms with Crippen molar-refractivity contribution in [3.05, 3.63) is 29.8 Å². The topological polar surface area (TPSA) is 87.2 Å². The fourth-order valence-corrected chi connectivity index (χ4v) is 3.43. The van der Waals surface area contributed by atoms with E-state index in [1.807, 2.05) is 0 Å². The highest BCUT2D eigenvalue weighted by Crippen LogP contribution is 2.32. The minimum Gasteiger partial charge on any atom is -0.384 e. The molecule has 0 spiro atoms. The fraction of sp³-hybridized carbons (Fsp3) is 0.417. The fourth-order valence-electron chi connectivity index (χ4n) is 1.82.